The molecule has 0 aliphatic heterocycles. The SMILES string of the molecule is COc1ccc(NC(=O)C[NH+](C)CC(=O)N[C@@H]2CCC[C@H](C)[C@H]2C)cc1. The normalized spacial score (nSPS) is 23.8. The number of benzene rings is 1. The van der Waals surface area contributed by atoms with Crippen LogP contribution in [0.4, 0.5) is 5.69 Å². The van der Waals surface area contributed by atoms with Crippen molar-refractivity contribution < 1.29 is 19.2 Å². The third-order valence-corrected chi connectivity index (χ3v) is 5.35. The van der Waals surface area contributed by atoms with Gasteiger partial charge in [-0.3, -0.25) is 9.59 Å². The van der Waals surface area contributed by atoms with E-state index in [2.05, 4.69) is 24.5 Å². The van der Waals surface area contributed by atoms with E-state index in [9.17, 15) is 9.59 Å². The molecule has 0 aromatic heterocycles. The summed E-state index contributed by atoms with van der Waals surface area (Å²) in [6, 6.07) is 7.44. The van der Waals surface area contributed by atoms with Gasteiger partial charge in [0.05, 0.1) is 14.2 Å². The summed E-state index contributed by atoms with van der Waals surface area (Å²) in [6.45, 7) is 5.02. The van der Waals surface area contributed by atoms with Crippen LogP contribution in [0.2, 0.25) is 0 Å². The second kappa shape index (κ2) is 9.57. The topological polar surface area (TPSA) is 71.9 Å². The molecule has 3 N–H and O–H groups in total. The standard InChI is InChI=1S/C20H31N3O3/c1-14-6-5-7-18(15(14)2)22-20(25)13-23(3)12-19(24)21-16-8-10-17(26-4)11-9-16/h8-11,14-15,18H,5-7,12-13H2,1-4H3,(H,21,24)(H,22,25)/p+1/t14-,15+,18+/m0/s1. The van der Waals surface area contributed by atoms with Crippen LogP contribution in [0, 0.1) is 11.8 Å². The van der Waals surface area contributed by atoms with E-state index in [0.717, 1.165) is 22.8 Å². The number of anilines is 1. The first kappa shape index (κ1) is 20.2. The highest BCUT2D eigenvalue weighted by Gasteiger charge is 2.28. The highest BCUT2D eigenvalue weighted by molar-refractivity contribution is 5.91. The third-order valence-electron chi connectivity index (χ3n) is 5.35. The van der Waals surface area contributed by atoms with E-state index in [0.29, 0.717) is 18.4 Å². The summed E-state index contributed by atoms with van der Waals surface area (Å²) in [6.07, 6.45) is 3.46. The zero-order chi connectivity index (χ0) is 19.1. The van der Waals surface area contributed by atoms with Crippen LogP contribution in [0.3, 0.4) is 0 Å². The summed E-state index contributed by atoms with van der Waals surface area (Å²) in [7, 11) is 3.46. The number of rotatable bonds is 7. The fourth-order valence-corrected chi connectivity index (χ4v) is 3.53. The molecule has 0 radical (unpaired) electrons. The molecular weight excluding hydrogens is 330 g/mol. The second-order valence-electron chi connectivity index (χ2n) is 7.53. The molecule has 1 aliphatic carbocycles. The van der Waals surface area contributed by atoms with Crippen molar-refractivity contribution in [1.82, 2.24) is 5.32 Å². The van der Waals surface area contributed by atoms with Crippen molar-refractivity contribution in [3.63, 3.8) is 0 Å². The number of carbonyl (C=O) groups excluding carboxylic acids is 2. The Morgan fingerprint density at radius 3 is 2.42 bits per heavy atom. The lowest BCUT2D eigenvalue weighted by Crippen LogP contribution is -3.11. The Bertz CT molecular complexity index is 603. The van der Waals surface area contributed by atoms with E-state index < -0.39 is 0 Å². The number of carbonyl (C=O) groups is 2. The number of methoxy groups -OCH3 is 1. The van der Waals surface area contributed by atoms with Crippen molar-refractivity contribution in [2.24, 2.45) is 11.8 Å². The van der Waals surface area contributed by atoms with Crippen LogP contribution in [0.25, 0.3) is 0 Å². The van der Waals surface area contributed by atoms with Crippen LogP contribution in [0.1, 0.15) is 33.1 Å². The summed E-state index contributed by atoms with van der Waals surface area (Å²) in [5.74, 6) is 1.81. The lowest BCUT2D eigenvalue weighted by molar-refractivity contribution is -0.862. The lowest BCUT2D eigenvalue weighted by Gasteiger charge is -2.34. The summed E-state index contributed by atoms with van der Waals surface area (Å²) in [5.41, 5.74) is 0.720. The van der Waals surface area contributed by atoms with Crippen molar-refractivity contribution in [3.05, 3.63) is 24.3 Å². The van der Waals surface area contributed by atoms with Gasteiger partial charge in [-0.1, -0.05) is 26.7 Å². The molecule has 144 valence electrons. The first-order valence-electron chi connectivity index (χ1n) is 9.43. The molecule has 6 heteroatoms. The van der Waals surface area contributed by atoms with E-state index in [-0.39, 0.29) is 24.4 Å². The van der Waals surface area contributed by atoms with E-state index in [1.165, 1.54) is 12.8 Å². The van der Waals surface area contributed by atoms with Gasteiger partial charge in [-0.25, -0.2) is 0 Å². The molecular formula is C20H32N3O3+. The molecule has 26 heavy (non-hydrogen) atoms. The average Bonchev–Trinajstić information content (AvgIpc) is 2.59. The first-order chi connectivity index (χ1) is 12.4. The van der Waals surface area contributed by atoms with Crippen LogP contribution in [-0.4, -0.2) is 45.1 Å². The summed E-state index contributed by atoms with van der Waals surface area (Å²) < 4.78 is 5.10. The van der Waals surface area contributed by atoms with Gasteiger partial charge in [-0.15, -0.1) is 0 Å². The van der Waals surface area contributed by atoms with Crippen molar-refractivity contribution in [3.8, 4) is 5.75 Å². The van der Waals surface area contributed by atoms with Gasteiger partial charge in [-0.05, 0) is 42.5 Å². The quantitative estimate of drug-likeness (QED) is 0.680. The van der Waals surface area contributed by atoms with Crippen molar-refractivity contribution in [2.75, 3.05) is 32.6 Å². The molecule has 2 rings (SSSR count). The van der Waals surface area contributed by atoms with Crippen LogP contribution >= 0.6 is 0 Å². The van der Waals surface area contributed by atoms with E-state index in [1.807, 2.05) is 7.05 Å². The molecule has 6 nitrogen and oxygen atoms in total. The molecule has 0 heterocycles. The maximum Gasteiger partial charge on any atom is 0.279 e. The van der Waals surface area contributed by atoms with Gasteiger partial charge in [0.15, 0.2) is 13.1 Å². The van der Waals surface area contributed by atoms with Crippen molar-refractivity contribution in [1.29, 1.82) is 0 Å². The zero-order valence-corrected chi connectivity index (χ0v) is 16.3. The molecule has 2 amide bonds. The molecule has 1 fully saturated rings. The Morgan fingerprint density at radius 1 is 1.12 bits per heavy atom. The predicted molar refractivity (Wildman–Crippen MR) is 102 cm³/mol. The fourth-order valence-electron chi connectivity index (χ4n) is 3.53. The van der Waals surface area contributed by atoms with Crippen molar-refractivity contribution in [2.45, 2.75) is 39.2 Å². The number of amides is 2. The van der Waals surface area contributed by atoms with Gasteiger partial charge in [0, 0.05) is 11.7 Å². The Kier molecular flexibility index (Phi) is 7.45. The number of ether oxygens (including phenoxy) is 1. The number of nitrogens with one attached hydrogen (secondary N) is 3. The first-order valence-corrected chi connectivity index (χ1v) is 9.43. The molecule has 0 spiro atoms. The van der Waals surface area contributed by atoms with Crippen molar-refractivity contribution >= 4 is 17.5 Å². The minimum atomic E-state index is -0.111. The number of likely N-dealkylation sites (N-methyl/N-ethyl adjacent to an activating group) is 1. The number of quaternary nitrogens is 1. The van der Waals surface area contributed by atoms with Gasteiger partial charge in [0.1, 0.15) is 5.75 Å². The van der Waals surface area contributed by atoms with Crippen LogP contribution in [-0.2, 0) is 9.59 Å². The zero-order valence-electron chi connectivity index (χ0n) is 16.3. The van der Waals surface area contributed by atoms with E-state index in [1.54, 1.807) is 31.4 Å². The van der Waals surface area contributed by atoms with Crippen LogP contribution in [0.5, 0.6) is 5.75 Å². The molecule has 1 aromatic carbocycles. The number of hydrogen-bond acceptors (Lipinski definition) is 3. The average molecular weight is 362 g/mol. The van der Waals surface area contributed by atoms with Gasteiger partial charge >= 0.3 is 0 Å². The molecule has 0 saturated heterocycles. The molecule has 1 unspecified atom stereocenters. The highest BCUT2D eigenvalue weighted by atomic mass is 16.5. The largest absolute Gasteiger partial charge is 0.497 e. The highest BCUT2D eigenvalue weighted by Crippen LogP contribution is 2.29. The maximum absolute atomic E-state index is 12.3. The molecule has 0 bridgehead atoms. The second-order valence-corrected chi connectivity index (χ2v) is 7.53. The Labute approximate surface area is 156 Å². The van der Waals surface area contributed by atoms with Crippen LogP contribution < -0.4 is 20.3 Å². The van der Waals surface area contributed by atoms with E-state index in [4.69, 9.17) is 4.74 Å². The van der Waals surface area contributed by atoms with Gasteiger partial charge < -0.3 is 20.3 Å². The van der Waals surface area contributed by atoms with Gasteiger partial charge in [0.25, 0.3) is 11.8 Å². The predicted octanol–water partition coefficient (Wildman–Crippen LogP) is 1.09. The van der Waals surface area contributed by atoms with E-state index >= 15 is 0 Å². The summed E-state index contributed by atoms with van der Waals surface area (Å²) >= 11 is 0. The molecule has 1 aromatic rings. The van der Waals surface area contributed by atoms with Crippen LogP contribution in [0.15, 0.2) is 24.3 Å². The Morgan fingerprint density at radius 2 is 1.77 bits per heavy atom. The fraction of sp³-hybridized carbons (Fsp3) is 0.600. The molecule has 1 saturated carbocycles. The monoisotopic (exact) mass is 362 g/mol. The minimum Gasteiger partial charge on any atom is -0.497 e. The van der Waals surface area contributed by atoms with Gasteiger partial charge in [0.2, 0.25) is 0 Å². The molecule has 1 aliphatic rings. The molecule has 4 atom stereocenters. The summed E-state index contributed by atoms with van der Waals surface area (Å²) in [5, 5.41) is 6.00. The lowest BCUT2D eigenvalue weighted by atomic mass is 9.78. The maximum atomic E-state index is 12.3. The Balaban J connectivity index is 1.75. The summed E-state index contributed by atoms with van der Waals surface area (Å²) in [4.78, 5) is 25.3. The minimum absolute atomic E-state index is 0.0192. The van der Waals surface area contributed by atoms with Gasteiger partial charge in [-0.2, -0.15) is 0 Å². The third kappa shape index (κ3) is 6.02. The Hall–Kier alpha value is -2.08. The number of hydrogen-bond donors (Lipinski definition) is 3. The smallest absolute Gasteiger partial charge is 0.279 e.